The van der Waals surface area contributed by atoms with Crippen molar-refractivity contribution in [3.63, 3.8) is 0 Å². The molecular formula is C19H26F3N3O3. The summed E-state index contributed by atoms with van der Waals surface area (Å²) in [5.41, 5.74) is 3.78. The van der Waals surface area contributed by atoms with Gasteiger partial charge in [-0.05, 0) is 51.8 Å². The number of halogens is 3. The Kier molecular flexibility index (Phi) is 6.15. The number of anilines is 1. The van der Waals surface area contributed by atoms with Crippen molar-refractivity contribution in [3.8, 4) is 0 Å². The fourth-order valence-corrected chi connectivity index (χ4v) is 3.06. The predicted molar refractivity (Wildman–Crippen MR) is 98.8 cm³/mol. The highest BCUT2D eigenvalue weighted by Crippen LogP contribution is 2.32. The topological polar surface area (TPSA) is 75.9 Å². The van der Waals surface area contributed by atoms with Crippen molar-refractivity contribution in [1.82, 2.24) is 9.80 Å². The summed E-state index contributed by atoms with van der Waals surface area (Å²) in [6.45, 7) is 5.99. The first-order valence-electron chi connectivity index (χ1n) is 9.01. The smallest absolute Gasteiger partial charge is 0.416 e. The molecule has 1 heterocycles. The van der Waals surface area contributed by atoms with Crippen LogP contribution in [0.15, 0.2) is 18.2 Å². The molecule has 0 unspecified atom stereocenters. The molecule has 0 atom stereocenters. The van der Waals surface area contributed by atoms with Gasteiger partial charge in [-0.3, -0.25) is 4.79 Å². The van der Waals surface area contributed by atoms with Crippen LogP contribution in [0.25, 0.3) is 0 Å². The Labute approximate surface area is 162 Å². The number of carbonyl (C=O) groups is 2. The Balaban J connectivity index is 2.03. The van der Waals surface area contributed by atoms with Gasteiger partial charge >= 0.3 is 12.3 Å². The normalized spacial score (nSPS) is 16.0. The van der Waals surface area contributed by atoms with Crippen molar-refractivity contribution in [2.45, 2.75) is 51.4 Å². The molecule has 0 bridgehead atoms. The van der Waals surface area contributed by atoms with E-state index < -0.39 is 29.3 Å². The van der Waals surface area contributed by atoms with Crippen LogP contribution in [0.3, 0.4) is 0 Å². The van der Waals surface area contributed by atoms with E-state index in [1.807, 2.05) is 0 Å². The summed E-state index contributed by atoms with van der Waals surface area (Å²) >= 11 is 0. The Bertz CT molecular complexity index is 736. The third kappa shape index (κ3) is 5.53. The summed E-state index contributed by atoms with van der Waals surface area (Å²) in [6.07, 6.45) is -4.00. The zero-order chi connectivity index (χ0) is 21.3. The van der Waals surface area contributed by atoms with Gasteiger partial charge in [-0.2, -0.15) is 13.2 Å². The lowest BCUT2D eigenvalue weighted by molar-refractivity contribution is -0.137. The SMILES string of the molecule is CN(C(=O)OC(C)(C)C)C1CCN(C(=O)c2cc(N)cc(C(F)(F)F)c2)CC1. The number of amides is 2. The van der Waals surface area contributed by atoms with Gasteiger partial charge in [-0.15, -0.1) is 0 Å². The van der Waals surface area contributed by atoms with Crippen LogP contribution in [0.4, 0.5) is 23.7 Å². The minimum Gasteiger partial charge on any atom is -0.444 e. The fraction of sp³-hybridized carbons (Fsp3) is 0.579. The molecule has 0 aliphatic carbocycles. The van der Waals surface area contributed by atoms with Crippen molar-refractivity contribution in [2.75, 3.05) is 25.9 Å². The molecule has 0 aromatic heterocycles. The van der Waals surface area contributed by atoms with Crippen LogP contribution in [0.2, 0.25) is 0 Å². The lowest BCUT2D eigenvalue weighted by Gasteiger charge is -2.37. The number of hydrogen-bond donors (Lipinski definition) is 1. The highest BCUT2D eigenvalue weighted by Gasteiger charge is 2.33. The highest BCUT2D eigenvalue weighted by atomic mass is 19.4. The second kappa shape index (κ2) is 7.89. The molecule has 28 heavy (non-hydrogen) atoms. The fourth-order valence-electron chi connectivity index (χ4n) is 3.06. The monoisotopic (exact) mass is 401 g/mol. The number of nitrogen functional groups attached to an aromatic ring is 1. The van der Waals surface area contributed by atoms with Crippen LogP contribution in [-0.2, 0) is 10.9 Å². The van der Waals surface area contributed by atoms with Gasteiger partial charge in [0.25, 0.3) is 5.91 Å². The van der Waals surface area contributed by atoms with E-state index in [1.165, 1.54) is 15.9 Å². The molecule has 6 nitrogen and oxygen atoms in total. The van der Waals surface area contributed by atoms with Crippen LogP contribution in [0.1, 0.15) is 49.5 Å². The molecule has 2 N–H and O–H groups in total. The van der Waals surface area contributed by atoms with Crippen molar-refractivity contribution in [1.29, 1.82) is 0 Å². The molecule has 9 heteroatoms. The summed E-state index contributed by atoms with van der Waals surface area (Å²) in [7, 11) is 1.64. The Hall–Kier alpha value is -2.45. The van der Waals surface area contributed by atoms with Gasteiger partial charge in [0.15, 0.2) is 0 Å². The number of nitrogens with zero attached hydrogens (tertiary/aromatic N) is 2. The zero-order valence-corrected chi connectivity index (χ0v) is 16.5. The van der Waals surface area contributed by atoms with E-state index in [2.05, 4.69) is 0 Å². The van der Waals surface area contributed by atoms with Gasteiger partial charge in [0, 0.05) is 37.4 Å². The van der Waals surface area contributed by atoms with Gasteiger partial charge in [-0.25, -0.2) is 4.79 Å². The number of rotatable bonds is 2. The lowest BCUT2D eigenvalue weighted by atomic mass is 10.0. The molecule has 0 radical (unpaired) electrons. The molecule has 0 saturated carbocycles. The van der Waals surface area contributed by atoms with Crippen molar-refractivity contribution >= 4 is 17.7 Å². The van der Waals surface area contributed by atoms with E-state index >= 15 is 0 Å². The molecule has 1 fully saturated rings. The van der Waals surface area contributed by atoms with Gasteiger partial charge in [0.1, 0.15) is 5.60 Å². The Morgan fingerprint density at radius 3 is 2.21 bits per heavy atom. The largest absolute Gasteiger partial charge is 0.444 e. The minimum absolute atomic E-state index is 0.0914. The molecule has 2 amide bonds. The molecule has 156 valence electrons. The first kappa shape index (κ1) is 21.8. The summed E-state index contributed by atoms with van der Waals surface area (Å²) in [6, 6.07) is 2.76. The highest BCUT2D eigenvalue weighted by molar-refractivity contribution is 5.95. The second-order valence-corrected chi connectivity index (χ2v) is 7.96. The van der Waals surface area contributed by atoms with Gasteiger partial charge in [0.05, 0.1) is 5.56 Å². The summed E-state index contributed by atoms with van der Waals surface area (Å²) in [5, 5.41) is 0. The van der Waals surface area contributed by atoms with Crippen LogP contribution in [0.5, 0.6) is 0 Å². The van der Waals surface area contributed by atoms with E-state index in [4.69, 9.17) is 10.5 Å². The molecule has 0 spiro atoms. The Morgan fingerprint density at radius 1 is 1.14 bits per heavy atom. The summed E-state index contributed by atoms with van der Waals surface area (Å²) in [5.74, 6) is -0.504. The van der Waals surface area contributed by atoms with Crippen LogP contribution >= 0.6 is 0 Å². The van der Waals surface area contributed by atoms with Crippen molar-refractivity contribution in [2.24, 2.45) is 0 Å². The lowest BCUT2D eigenvalue weighted by Crippen LogP contribution is -2.48. The van der Waals surface area contributed by atoms with Gasteiger partial charge < -0.3 is 20.3 Å². The molecule has 1 aliphatic heterocycles. The van der Waals surface area contributed by atoms with Crippen LogP contribution < -0.4 is 5.73 Å². The molecule has 1 aliphatic rings. The van der Waals surface area contributed by atoms with E-state index in [0.29, 0.717) is 25.9 Å². The van der Waals surface area contributed by atoms with Gasteiger partial charge in [0.2, 0.25) is 0 Å². The maximum absolute atomic E-state index is 13.0. The average molecular weight is 401 g/mol. The first-order chi connectivity index (χ1) is 12.8. The van der Waals surface area contributed by atoms with Crippen LogP contribution in [0, 0.1) is 0 Å². The van der Waals surface area contributed by atoms with E-state index in [1.54, 1.807) is 27.8 Å². The number of likely N-dealkylation sites (tertiary alicyclic amines) is 1. The third-order valence-electron chi connectivity index (χ3n) is 4.51. The Morgan fingerprint density at radius 2 is 1.71 bits per heavy atom. The minimum atomic E-state index is -4.58. The quantitative estimate of drug-likeness (QED) is 0.766. The number of hydrogen-bond acceptors (Lipinski definition) is 4. The molecular weight excluding hydrogens is 375 g/mol. The van der Waals surface area contributed by atoms with E-state index in [0.717, 1.165) is 12.1 Å². The third-order valence-corrected chi connectivity index (χ3v) is 4.51. The summed E-state index contributed by atoms with van der Waals surface area (Å²) in [4.78, 5) is 27.8. The molecule has 1 saturated heterocycles. The van der Waals surface area contributed by atoms with E-state index in [9.17, 15) is 22.8 Å². The number of ether oxygens (including phenoxy) is 1. The maximum Gasteiger partial charge on any atom is 0.416 e. The van der Waals surface area contributed by atoms with E-state index in [-0.39, 0.29) is 17.3 Å². The average Bonchev–Trinajstić information content (AvgIpc) is 2.58. The number of benzene rings is 1. The predicted octanol–water partition coefficient (Wildman–Crippen LogP) is 3.76. The molecule has 1 aromatic carbocycles. The second-order valence-electron chi connectivity index (χ2n) is 7.96. The number of carbonyl (C=O) groups excluding carboxylic acids is 2. The van der Waals surface area contributed by atoms with Gasteiger partial charge in [-0.1, -0.05) is 0 Å². The first-order valence-corrected chi connectivity index (χ1v) is 9.01. The standard InChI is InChI=1S/C19H26F3N3O3/c1-18(2,3)28-17(27)24(4)15-5-7-25(8-6-15)16(26)12-9-13(19(20,21)22)11-14(23)10-12/h9-11,15H,5-8,23H2,1-4H3. The number of piperidine rings is 1. The molecule has 1 aromatic rings. The maximum atomic E-state index is 13.0. The number of nitrogens with two attached hydrogens (primary N) is 1. The van der Waals surface area contributed by atoms with Crippen molar-refractivity contribution in [3.05, 3.63) is 29.3 Å². The van der Waals surface area contributed by atoms with Crippen molar-refractivity contribution < 1.29 is 27.5 Å². The van der Waals surface area contributed by atoms with Crippen LogP contribution in [-0.4, -0.2) is 53.6 Å². The number of alkyl halides is 3. The summed E-state index contributed by atoms with van der Waals surface area (Å²) < 4.78 is 44.2. The zero-order valence-electron chi connectivity index (χ0n) is 16.5. The molecule has 2 rings (SSSR count).